The van der Waals surface area contributed by atoms with E-state index < -0.39 is 5.91 Å². The monoisotopic (exact) mass is 295 g/mol. The Bertz CT molecular complexity index is 737. The summed E-state index contributed by atoms with van der Waals surface area (Å²) in [5.41, 5.74) is 9.72. The van der Waals surface area contributed by atoms with Crippen LogP contribution in [-0.2, 0) is 12.8 Å². The first kappa shape index (κ1) is 13.2. The molecule has 22 heavy (non-hydrogen) atoms. The van der Waals surface area contributed by atoms with Crippen molar-refractivity contribution in [3.8, 4) is 11.4 Å². The minimum Gasteiger partial charge on any atom is -0.366 e. The maximum atomic E-state index is 11.2. The predicted molar refractivity (Wildman–Crippen MR) is 82.6 cm³/mol. The van der Waals surface area contributed by atoms with Gasteiger partial charge in [0, 0.05) is 30.5 Å². The molecule has 6 nitrogen and oxygen atoms in total. The van der Waals surface area contributed by atoms with E-state index in [0.29, 0.717) is 5.56 Å². The highest BCUT2D eigenvalue weighted by molar-refractivity contribution is 5.92. The first-order valence-electron chi connectivity index (χ1n) is 7.63. The summed E-state index contributed by atoms with van der Waals surface area (Å²) in [7, 11) is 0. The highest BCUT2D eigenvalue weighted by atomic mass is 16.1. The number of aryl methyl sites for hydroxylation is 1. The number of carbonyl (C=O) groups excluding carboxylic acids is 1. The number of aromatic nitrogens is 3. The second-order valence-corrected chi connectivity index (χ2v) is 5.79. The van der Waals surface area contributed by atoms with Gasteiger partial charge in [0.2, 0.25) is 11.9 Å². The van der Waals surface area contributed by atoms with Gasteiger partial charge in [0.05, 0.1) is 17.0 Å². The van der Waals surface area contributed by atoms with Gasteiger partial charge in [0.25, 0.3) is 0 Å². The zero-order valence-electron chi connectivity index (χ0n) is 12.2. The number of nitrogens with zero attached hydrogens (tertiary/aromatic N) is 4. The molecule has 2 aromatic heterocycles. The third kappa shape index (κ3) is 2.11. The second-order valence-electron chi connectivity index (χ2n) is 5.79. The van der Waals surface area contributed by atoms with Crippen LogP contribution in [-0.4, -0.2) is 33.9 Å². The molecule has 0 bridgehead atoms. The van der Waals surface area contributed by atoms with Crippen molar-refractivity contribution in [1.82, 2.24) is 15.0 Å². The number of amides is 1. The second kappa shape index (κ2) is 5.05. The normalized spacial score (nSPS) is 16.3. The third-order valence-corrected chi connectivity index (χ3v) is 4.35. The topological polar surface area (TPSA) is 85.0 Å². The van der Waals surface area contributed by atoms with Gasteiger partial charge in [0.1, 0.15) is 0 Å². The van der Waals surface area contributed by atoms with Crippen molar-refractivity contribution in [3.63, 3.8) is 0 Å². The largest absolute Gasteiger partial charge is 0.366 e. The Kier molecular flexibility index (Phi) is 3.03. The van der Waals surface area contributed by atoms with E-state index in [0.717, 1.165) is 55.4 Å². The Labute approximate surface area is 128 Å². The van der Waals surface area contributed by atoms with Gasteiger partial charge in [-0.3, -0.25) is 9.78 Å². The summed E-state index contributed by atoms with van der Waals surface area (Å²) >= 11 is 0. The summed E-state index contributed by atoms with van der Waals surface area (Å²) in [6.45, 7) is 2.04. The summed E-state index contributed by atoms with van der Waals surface area (Å²) in [6, 6.07) is 3.53. The number of hydrogen-bond donors (Lipinski definition) is 1. The van der Waals surface area contributed by atoms with Gasteiger partial charge in [-0.25, -0.2) is 9.97 Å². The lowest BCUT2D eigenvalue weighted by molar-refractivity contribution is 0.1000. The zero-order valence-corrected chi connectivity index (χ0v) is 12.2. The minimum absolute atomic E-state index is 0.414. The lowest BCUT2D eigenvalue weighted by Crippen LogP contribution is -2.38. The molecule has 1 aliphatic carbocycles. The van der Waals surface area contributed by atoms with Crippen LogP contribution in [0.4, 0.5) is 5.95 Å². The van der Waals surface area contributed by atoms with Gasteiger partial charge in [-0.2, -0.15) is 0 Å². The first-order chi connectivity index (χ1) is 10.7. The fraction of sp³-hybridized carbons (Fsp3) is 0.375. The average molecular weight is 295 g/mol. The van der Waals surface area contributed by atoms with Crippen LogP contribution in [0.5, 0.6) is 0 Å². The molecule has 1 amide bonds. The van der Waals surface area contributed by atoms with Gasteiger partial charge in [0.15, 0.2) is 0 Å². The Morgan fingerprint density at radius 3 is 2.64 bits per heavy atom. The maximum Gasteiger partial charge on any atom is 0.250 e. The molecule has 2 N–H and O–H groups in total. The molecule has 4 rings (SSSR count). The number of primary amides is 1. The fourth-order valence-corrected chi connectivity index (χ4v) is 2.97. The van der Waals surface area contributed by atoms with E-state index in [-0.39, 0.29) is 0 Å². The quantitative estimate of drug-likeness (QED) is 0.923. The Balaban J connectivity index is 1.79. The average Bonchev–Trinajstić information content (AvgIpc) is 2.93. The summed E-state index contributed by atoms with van der Waals surface area (Å²) in [5.74, 6) is 0.343. The molecule has 0 radical (unpaired) electrons. The van der Waals surface area contributed by atoms with Crippen molar-refractivity contribution in [1.29, 1.82) is 0 Å². The lowest BCUT2D eigenvalue weighted by Gasteiger charge is -2.31. The molecular formula is C16H17N5O. The van der Waals surface area contributed by atoms with Crippen molar-refractivity contribution < 1.29 is 4.79 Å². The van der Waals surface area contributed by atoms with E-state index in [1.54, 1.807) is 6.07 Å². The molecule has 112 valence electrons. The van der Waals surface area contributed by atoms with Crippen molar-refractivity contribution in [3.05, 3.63) is 35.2 Å². The smallest absolute Gasteiger partial charge is 0.250 e. The number of anilines is 1. The number of hydrogen-bond acceptors (Lipinski definition) is 5. The molecule has 0 saturated carbocycles. The summed E-state index contributed by atoms with van der Waals surface area (Å²) < 4.78 is 0. The van der Waals surface area contributed by atoms with Gasteiger partial charge >= 0.3 is 0 Å². The van der Waals surface area contributed by atoms with Crippen molar-refractivity contribution in [2.24, 2.45) is 5.73 Å². The third-order valence-electron chi connectivity index (χ3n) is 4.35. The molecule has 0 atom stereocenters. The van der Waals surface area contributed by atoms with E-state index in [1.807, 2.05) is 6.07 Å². The minimum atomic E-state index is -0.465. The Morgan fingerprint density at radius 2 is 2.00 bits per heavy atom. The standard InChI is InChI=1S/C16H17N5O/c17-15(22)10-5-6-13(18-9-10)14-11-3-1-4-12(11)19-16(20-14)21-7-2-8-21/h5-6,9H,1-4,7-8H2,(H2,17,22). The number of nitrogens with two attached hydrogens (primary N) is 1. The number of fused-ring (bicyclic) bond motifs is 1. The van der Waals surface area contributed by atoms with Gasteiger partial charge in [-0.15, -0.1) is 0 Å². The SMILES string of the molecule is NC(=O)c1ccc(-c2nc(N3CCC3)nc3c2CCC3)nc1. The van der Waals surface area contributed by atoms with Crippen LogP contribution in [0.15, 0.2) is 18.3 Å². The predicted octanol–water partition coefficient (Wildman–Crippen LogP) is 1.34. The Morgan fingerprint density at radius 1 is 1.14 bits per heavy atom. The van der Waals surface area contributed by atoms with Crippen molar-refractivity contribution in [2.45, 2.75) is 25.7 Å². The molecule has 3 heterocycles. The van der Waals surface area contributed by atoms with Gasteiger partial charge < -0.3 is 10.6 Å². The highest BCUT2D eigenvalue weighted by Gasteiger charge is 2.25. The van der Waals surface area contributed by atoms with Crippen molar-refractivity contribution >= 4 is 11.9 Å². The number of carbonyl (C=O) groups is 1. The van der Waals surface area contributed by atoms with Crippen molar-refractivity contribution in [2.75, 3.05) is 18.0 Å². The first-order valence-corrected chi connectivity index (χ1v) is 7.63. The van der Waals surface area contributed by atoms with E-state index in [1.165, 1.54) is 18.2 Å². The molecule has 2 aromatic rings. The van der Waals surface area contributed by atoms with E-state index in [4.69, 9.17) is 15.7 Å². The molecule has 2 aliphatic rings. The Hall–Kier alpha value is -2.50. The number of rotatable bonds is 3. The van der Waals surface area contributed by atoms with Crippen LogP contribution in [0.1, 0.15) is 34.5 Å². The summed E-state index contributed by atoms with van der Waals surface area (Å²) in [6.07, 6.45) is 5.82. The van der Waals surface area contributed by atoms with E-state index in [9.17, 15) is 4.79 Å². The fourth-order valence-electron chi connectivity index (χ4n) is 2.97. The lowest BCUT2D eigenvalue weighted by atomic mass is 10.1. The van der Waals surface area contributed by atoms with Crippen LogP contribution in [0.2, 0.25) is 0 Å². The van der Waals surface area contributed by atoms with Gasteiger partial charge in [-0.05, 0) is 37.8 Å². The van der Waals surface area contributed by atoms with E-state index in [2.05, 4.69) is 9.88 Å². The molecular weight excluding hydrogens is 278 g/mol. The molecule has 1 fully saturated rings. The highest BCUT2D eigenvalue weighted by Crippen LogP contribution is 2.31. The molecule has 1 saturated heterocycles. The number of pyridine rings is 1. The van der Waals surface area contributed by atoms with Crippen LogP contribution in [0, 0.1) is 0 Å². The summed E-state index contributed by atoms with van der Waals surface area (Å²) in [5, 5.41) is 0. The van der Waals surface area contributed by atoms with Crippen LogP contribution in [0.25, 0.3) is 11.4 Å². The molecule has 1 aliphatic heterocycles. The zero-order chi connectivity index (χ0) is 15.1. The molecule has 0 unspecified atom stereocenters. The molecule has 0 spiro atoms. The molecule has 6 heteroatoms. The van der Waals surface area contributed by atoms with E-state index >= 15 is 0 Å². The van der Waals surface area contributed by atoms with Crippen LogP contribution < -0.4 is 10.6 Å². The van der Waals surface area contributed by atoms with Gasteiger partial charge in [-0.1, -0.05) is 0 Å². The van der Waals surface area contributed by atoms with Crippen LogP contribution in [0.3, 0.4) is 0 Å². The van der Waals surface area contributed by atoms with Crippen LogP contribution >= 0.6 is 0 Å². The molecule has 0 aromatic carbocycles. The maximum absolute atomic E-state index is 11.2. The summed E-state index contributed by atoms with van der Waals surface area (Å²) in [4.78, 5) is 27.2.